The third-order valence-corrected chi connectivity index (χ3v) is 2.55. The van der Waals surface area contributed by atoms with Crippen LogP contribution in [0.2, 0.25) is 0 Å². The van der Waals surface area contributed by atoms with E-state index in [0.717, 1.165) is 29.5 Å². The second-order valence-electron chi connectivity index (χ2n) is 3.36. The van der Waals surface area contributed by atoms with Crippen molar-refractivity contribution in [2.24, 2.45) is 10.8 Å². The fourth-order valence-electron chi connectivity index (χ4n) is 1.14. The number of guanidine groups is 1. The maximum atomic E-state index is 5.38. The normalized spacial score (nSPS) is 11.3. The highest BCUT2D eigenvalue weighted by Gasteiger charge is 1.97. The molecule has 0 aliphatic rings. The number of aliphatic imine (C=N–C) groups is 1. The van der Waals surface area contributed by atoms with Crippen LogP contribution in [-0.2, 0) is 0 Å². The Kier molecular flexibility index (Phi) is 5.88. The fraction of sp³-hybridized carbons (Fsp3) is 0.364. The number of anilines is 1. The Morgan fingerprint density at radius 1 is 1.38 bits per heavy atom. The highest BCUT2D eigenvalue weighted by Crippen LogP contribution is 2.13. The molecule has 1 aromatic rings. The highest BCUT2D eigenvalue weighted by molar-refractivity contribution is 9.10. The SMILES string of the molecule is CCCCN=C(NN)Nc1ccc(Br)cc1. The molecule has 1 rings (SSSR count). The number of hydrogen-bond donors (Lipinski definition) is 3. The summed E-state index contributed by atoms with van der Waals surface area (Å²) in [4.78, 5) is 4.31. The van der Waals surface area contributed by atoms with Crippen LogP contribution >= 0.6 is 15.9 Å². The Morgan fingerprint density at radius 3 is 2.62 bits per heavy atom. The zero-order chi connectivity index (χ0) is 11.8. The van der Waals surface area contributed by atoms with Gasteiger partial charge in [0, 0.05) is 16.7 Å². The minimum atomic E-state index is 0.593. The van der Waals surface area contributed by atoms with Gasteiger partial charge in [-0.2, -0.15) is 0 Å². The van der Waals surface area contributed by atoms with Crippen molar-refractivity contribution in [2.45, 2.75) is 19.8 Å². The van der Waals surface area contributed by atoms with Crippen LogP contribution in [0, 0.1) is 0 Å². The zero-order valence-corrected chi connectivity index (χ0v) is 10.9. The maximum Gasteiger partial charge on any atom is 0.210 e. The molecule has 0 atom stereocenters. The molecule has 88 valence electrons. The van der Waals surface area contributed by atoms with Gasteiger partial charge in [-0.05, 0) is 30.7 Å². The summed E-state index contributed by atoms with van der Waals surface area (Å²) in [5.41, 5.74) is 3.51. The van der Waals surface area contributed by atoms with Crippen molar-refractivity contribution in [1.82, 2.24) is 5.43 Å². The van der Waals surface area contributed by atoms with Crippen molar-refractivity contribution in [3.63, 3.8) is 0 Å². The van der Waals surface area contributed by atoms with E-state index in [9.17, 15) is 0 Å². The molecular weight excluding hydrogens is 268 g/mol. The van der Waals surface area contributed by atoms with E-state index in [1.54, 1.807) is 0 Å². The summed E-state index contributed by atoms with van der Waals surface area (Å²) in [7, 11) is 0. The Morgan fingerprint density at radius 2 is 2.06 bits per heavy atom. The summed E-state index contributed by atoms with van der Waals surface area (Å²) >= 11 is 3.38. The van der Waals surface area contributed by atoms with Crippen LogP contribution in [0.25, 0.3) is 0 Å². The lowest BCUT2D eigenvalue weighted by Gasteiger charge is -2.08. The lowest BCUT2D eigenvalue weighted by molar-refractivity contribution is 0.801. The van der Waals surface area contributed by atoms with Gasteiger partial charge in [-0.1, -0.05) is 29.3 Å². The topological polar surface area (TPSA) is 62.4 Å². The van der Waals surface area contributed by atoms with E-state index in [2.05, 4.69) is 38.6 Å². The summed E-state index contributed by atoms with van der Waals surface area (Å²) in [6.45, 7) is 2.91. The van der Waals surface area contributed by atoms with E-state index in [0.29, 0.717) is 5.96 Å². The van der Waals surface area contributed by atoms with Gasteiger partial charge < -0.3 is 5.32 Å². The van der Waals surface area contributed by atoms with Gasteiger partial charge in [-0.25, -0.2) is 5.84 Å². The van der Waals surface area contributed by atoms with Gasteiger partial charge in [0.1, 0.15) is 0 Å². The van der Waals surface area contributed by atoms with Crippen LogP contribution in [0.15, 0.2) is 33.7 Å². The summed E-state index contributed by atoms with van der Waals surface area (Å²) in [6.07, 6.45) is 2.19. The molecule has 16 heavy (non-hydrogen) atoms. The quantitative estimate of drug-likeness (QED) is 0.262. The summed E-state index contributed by atoms with van der Waals surface area (Å²) in [6, 6.07) is 7.83. The molecule has 0 fully saturated rings. The van der Waals surface area contributed by atoms with Crippen LogP contribution in [0.4, 0.5) is 5.69 Å². The van der Waals surface area contributed by atoms with Crippen LogP contribution in [0.5, 0.6) is 0 Å². The highest BCUT2D eigenvalue weighted by atomic mass is 79.9. The number of nitrogens with zero attached hydrogens (tertiary/aromatic N) is 1. The van der Waals surface area contributed by atoms with Gasteiger partial charge in [0.25, 0.3) is 0 Å². The molecule has 0 spiro atoms. The molecule has 4 nitrogen and oxygen atoms in total. The predicted octanol–water partition coefficient (Wildman–Crippen LogP) is 2.48. The molecule has 0 saturated heterocycles. The fourth-order valence-corrected chi connectivity index (χ4v) is 1.40. The summed E-state index contributed by atoms with van der Waals surface area (Å²) in [5, 5.41) is 3.11. The minimum absolute atomic E-state index is 0.593. The van der Waals surface area contributed by atoms with Crippen LogP contribution < -0.4 is 16.6 Å². The Hall–Kier alpha value is -1.07. The number of unbranched alkanes of at least 4 members (excludes halogenated alkanes) is 1. The van der Waals surface area contributed by atoms with Crippen LogP contribution in [0.3, 0.4) is 0 Å². The third-order valence-electron chi connectivity index (χ3n) is 2.03. The minimum Gasteiger partial charge on any atom is -0.325 e. The van der Waals surface area contributed by atoms with E-state index in [1.807, 2.05) is 24.3 Å². The van der Waals surface area contributed by atoms with Crippen molar-refractivity contribution in [3.8, 4) is 0 Å². The van der Waals surface area contributed by atoms with E-state index in [4.69, 9.17) is 5.84 Å². The van der Waals surface area contributed by atoms with Gasteiger partial charge in [-0.15, -0.1) is 0 Å². The van der Waals surface area contributed by atoms with Crippen molar-refractivity contribution in [2.75, 3.05) is 11.9 Å². The smallest absolute Gasteiger partial charge is 0.210 e. The van der Waals surface area contributed by atoms with Gasteiger partial charge in [0.05, 0.1) is 0 Å². The lowest BCUT2D eigenvalue weighted by atomic mass is 10.3. The molecule has 0 bridgehead atoms. The van der Waals surface area contributed by atoms with E-state index in [-0.39, 0.29) is 0 Å². The second kappa shape index (κ2) is 7.24. The maximum absolute atomic E-state index is 5.38. The van der Waals surface area contributed by atoms with Crippen molar-refractivity contribution < 1.29 is 0 Å². The average molecular weight is 285 g/mol. The van der Waals surface area contributed by atoms with E-state index in [1.165, 1.54) is 0 Å². The Bertz CT molecular complexity index is 334. The van der Waals surface area contributed by atoms with E-state index >= 15 is 0 Å². The standard InChI is InChI=1S/C11H17BrN4/c1-2-3-8-14-11(16-13)15-10-6-4-9(12)5-7-10/h4-7H,2-3,8,13H2,1H3,(H2,14,15,16). The number of hydrogen-bond acceptors (Lipinski definition) is 2. The molecule has 1 aromatic carbocycles. The molecular formula is C11H17BrN4. The van der Waals surface area contributed by atoms with Gasteiger partial charge in [-0.3, -0.25) is 10.4 Å². The van der Waals surface area contributed by atoms with Crippen LogP contribution in [0.1, 0.15) is 19.8 Å². The monoisotopic (exact) mass is 284 g/mol. The molecule has 0 aliphatic carbocycles. The van der Waals surface area contributed by atoms with Crippen LogP contribution in [-0.4, -0.2) is 12.5 Å². The number of nitrogens with two attached hydrogens (primary N) is 1. The molecule has 4 N–H and O–H groups in total. The number of benzene rings is 1. The average Bonchev–Trinajstić information content (AvgIpc) is 2.31. The lowest BCUT2D eigenvalue weighted by Crippen LogP contribution is -2.36. The largest absolute Gasteiger partial charge is 0.325 e. The number of halogens is 1. The predicted molar refractivity (Wildman–Crippen MR) is 72.3 cm³/mol. The molecule has 0 unspecified atom stereocenters. The van der Waals surface area contributed by atoms with Crippen molar-refractivity contribution >= 4 is 27.6 Å². The first-order valence-corrected chi connectivity index (χ1v) is 6.09. The first kappa shape index (κ1) is 13.0. The van der Waals surface area contributed by atoms with Crippen molar-refractivity contribution in [1.29, 1.82) is 0 Å². The van der Waals surface area contributed by atoms with Crippen molar-refractivity contribution in [3.05, 3.63) is 28.7 Å². The number of hydrazine groups is 1. The summed E-state index contributed by atoms with van der Waals surface area (Å²) in [5.74, 6) is 5.97. The van der Waals surface area contributed by atoms with Gasteiger partial charge in [0.2, 0.25) is 5.96 Å². The first-order chi connectivity index (χ1) is 7.76. The molecule has 0 aliphatic heterocycles. The van der Waals surface area contributed by atoms with Gasteiger partial charge in [0.15, 0.2) is 0 Å². The first-order valence-electron chi connectivity index (χ1n) is 5.30. The van der Waals surface area contributed by atoms with Gasteiger partial charge >= 0.3 is 0 Å². The molecule has 0 radical (unpaired) electrons. The number of nitrogens with one attached hydrogen (secondary N) is 2. The summed E-state index contributed by atoms with van der Waals surface area (Å²) < 4.78 is 1.04. The van der Waals surface area contributed by atoms with E-state index < -0.39 is 0 Å². The molecule has 0 amide bonds. The molecule has 5 heteroatoms. The zero-order valence-electron chi connectivity index (χ0n) is 9.33. The molecule has 0 saturated carbocycles. The second-order valence-corrected chi connectivity index (χ2v) is 4.28. The third kappa shape index (κ3) is 4.63. The molecule has 0 heterocycles. The molecule has 0 aromatic heterocycles. The Labute approximate surface area is 104 Å². The number of rotatable bonds is 4. The Balaban J connectivity index is 2.55.